The summed E-state index contributed by atoms with van der Waals surface area (Å²) >= 11 is 0. The number of hydrogen-bond acceptors (Lipinski definition) is 1. The first-order chi connectivity index (χ1) is 7.92. The van der Waals surface area contributed by atoms with Crippen molar-refractivity contribution in [3.63, 3.8) is 0 Å². The van der Waals surface area contributed by atoms with Gasteiger partial charge in [-0.1, -0.05) is 30.7 Å². The molecule has 2 aliphatic rings. The van der Waals surface area contributed by atoms with E-state index in [0.29, 0.717) is 0 Å². The molecular formula is C15H21N. The molecule has 0 unspecified atom stereocenters. The van der Waals surface area contributed by atoms with Gasteiger partial charge in [0.2, 0.25) is 0 Å². The molecule has 3 rings (SSSR count). The molecule has 0 aromatic heterocycles. The molecule has 2 aliphatic carbocycles. The van der Waals surface area contributed by atoms with Crippen LogP contribution < -0.4 is 5.32 Å². The van der Waals surface area contributed by atoms with Crippen LogP contribution in [0.3, 0.4) is 0 Å². The maximum Gasteiger partial charge on any atom is 0.00683 e. The van der Waals surface area contributed by atoms with Crippen LogP contribution in [0.4, 0.5) is 0 Å². The van der Waals surface area contributed by atoms with Gasteiger partial charge in [0, 0.05) is 6.04 Å². The molecule has 1 aromatic carbocycles. The Kier molecular flexibility index (Phi) is 2.96. The molecule has 0 bridgehead atoms. The van der Waals surface area contributed by atoms with Crippen molar-refractivity contribution in [3.05, 3.63) is 35.4 Å². The monoisotopic (exact) mass is 215 g/mol. The first kappa shape index (κ1) is 10.3. The summed E-state index contributed by atoms with van der Waals surface area (Å²) in [5, 5.41) is 3.58. The minimum atomic E-state index is 0.842. The van der Waals surface area contributed by atoms with Crippen LogP contribution in [0.25, 0.3) is 0 Å². The van der Waals surface area contributed by atoms with E-state index in [0.717, 1.165) is 18.5 Å². The third-order valence-electron chi connectivity index (χ3n) is 3.95. The molecule has 16 heavy (non-hydrogen) atoms. The zero-order valence-electron chi connectivity index (χ0n) is 9.91. The summed E-state index contributed by atoms with van der Waals surface area (Å²) in [6, 6.07) is 10.1. The third-order valence-corrected chi connectivity index (χ3v) is 3.95. The Morgan fingerprint density at radius 2 is 2.00 bits per heavy atom. The lowest BCUT2D eigenvalue weighted by Gasteiger charge is -2.26. The van der Waals surface area contributed by atoms with Gasteiger partial charge in [-0.15, -0.1) is 0 Å². The molecule has 1 aromatic rings. The Hall–Kier alpha value is -0.820. The Balaban J connectivity index is 1.55. The molecule has 86 valence electrons. The summed E-state index contributed by atoms with van der Waals surface area (Å²) in [6.07, 6.45) is 8.22. The molecule has 2 fully saturated rings. The van der Waals surface area contributed by atoms with E-state index in [1.54, 1.807) is 5.56 Å². The van der Waals surface area contributed by atoms with E-state index in [9.17, 15) is 0 Å². The van der Waals surface area contributed by atoms with Crippen LogP contribution in [0, 0.1) is 0 Å². The van der Waals surface area contributed by atoms with E-state index in [-0.39, 0.29) is 0 Å². The molecule has 1 nitrogen and oxygen atoms in total. The number of benzene rings is 1. The second-order valence-electron chi connectivity index (χ2n) is 5.35. The van der Waals surface area contributed by atoms with E-state index >= 15 is 0 Å². The van der Waals surface area contributed by atoms with Crippen molar-refractivity contribution in [2.24, 2.45) is 0 Å². The Morgan fingerprint density at radius 1 is 1.12 bits per heavy atom. The molecule has 0 radical (unpaired) electrons. The zero-order valence-corrected chi connectivity index (χ0v) is 9.91. The van der Waals surface area contributed by atoms with Gasteiger partial charge in [0.05, 0.1) is 0 Å². The maximum atomic E-state index is 3.58. The van der Waals surface area contributed by atoms with Gasteiger partial charge in [0.15, 0.2) is 0 Å². The van der Waals surface area contributed by atoms with Crippen molar-refractivity contribution < 1.29 is 0 Å². The highest BCUT2D eigenvalue weighted by molar-refractivity contribution is 5.27. The summed E-state index contributed by atoms with van der Waals surface area (Å²) in [5.41, 5.74) is 3.09. The topological polar surface area (TPSA) is 12.0 Å². The average molecular weight is 215 g/mol. The largest absolute Gasteiger partial charge is 0.314 e. The van der Waals surface area contributed by atoms with Crippen molar-refractivity contribution in [1.82, 2.24) is 5.32 Å². The highest BCUT2D eigenvalue weighted by atomic mass is 14.9. The van der Waals surface area contributed by atoms with E-state index in [2.05, 4.69) is 29.6 Å². The SMILES string of the molecule is c1cc(CCNC2CC2)cc(C2CCC2)c1. The van der Waals surface area contributed by atoms with Gasteiger partial charge in [-0.05, 0) is 55.7 Å². The van der Waals surface area contributed by atoms with E-state index in [4.69, 9.17) is 0 Å². The highest BCUT2D eigenvalue weighted by Gasteiger charge is 2.20. The molecular weight excluding hydrogens is 194 g/mol. The fraction of sp³-hybridized carbons (Fsp3) is 0.600. The van der Waals surface area contributed by atoms with Gasteiger partial charge < -0.3 is 5.32 Å². The number of nitrogens with one attached hydrogen (secondary N) is 1. The van der Waals surface area contributed by atoms with Gasteiger partial charge in [-0.3, -0.25) is 0 Å². The predicted octanol–water partition coefficient (Wildman–Crippen LogP) is 3.25. The van der Waals surface area contributed by atoms with Gasteiger partial charge >= 0.3 is 0 Å². The summed E-state index contributed by atoms with van der Waals surface area (Å²) < 4.78 is 0. The van der Waals surface area contributed by atoms with Crippen molar-refractivity contribution in [1.29, 1.82) is 0 Å². The van der Waals surface area contributed by atoms with Crippen LogP contribution in [-0.2, 0) is 6.42 Å². The lowest BCUT2D eigenvalue weighted by atomic mass is 9.79. The fourth-order valence-corrected chi connectivity index (χ4v) is 2.45. The van der Waals surface area contributed by atoms with Crippen LogP contribution in [0.5, 0.6) is 0 Å². The van der Waals surface area contributed by atoms with Gasteiger partial charge in [0.1, 0.15) is 0 Å². The molecule has 0 spiro atoms. The summed E-state index contributed by atoms with van der Waals surface area (Å²) in [4.78, 5) is 0. The summed E-state index contributed by atoms with van der Waals surface area (Å²) in [6.45, 7) is 1.15. The van der Waals surface area contributed by atoms with Crippen molar-refractivity contribution in [3.8, 4) is 0 Å². The minimum Gasteiger partial charge on any atom is -0.314 e. The minimum absolute atomic E-state index is 0.842. The smallest absolute Gasteiger partial charge is 0.00683 e. The van der Waals surface area contributed by atoms with Crippen LogP contribution in [0.2, 0.25) is 0 Å². The molecule has 1 N–H and O–H groups in total. The Bertz CT molecular complexity index is 350. The second-order valence-corrected chi connectivity index (χ2v) is 5.35. The first-order valence-corrected chi connectivity index (χ1v) is 6.74. The fourth-order valence-electron chi connectivity index (χ4n) is 2.45. The maximum absolute atomic E-state index is 3.58. The summed E-state index contributed by atoms with van der Waals surface area (Å²) in [7, 11) is 0. The van der Waals surface area contributed by atoms with Crippen LogP contribution in [-0.4, -0.2) is 12.6 Å². The van der Waals surface area contributed by atoms with Gasteiger partial charge in [0.25, 0.3) is 0 Å². The molecule has 2 saturated carbocycles. The molecule has 0 amide bonds. The number of rotatable bonds is 5. The van der Waals surface area contributed by atoms with Crippen molar-refractivity contribution in [2.75, 3.05) is 6.54 Å². The van der Waals surface area contributed by atoms with Crippen molar-refractivity contribution in [2.45, 2.75) is 50.5 Å². The Labute approximate surface area is 98.3 Å². The molecule has 0 heterocycles. The lowest BCUT2D eigenvalue weighted by Crippen LogP contribution is -2.19. The van der Waals surface area contributed by atoms with Crippen LogP contribution in [0.15, 0.2) is 24.3 Å². The predicted molar refractivity (Wildman–Crippen MR) is 67.8 cm³/mol. The van der Waals surface area contributed by atoms with Gasteiger partial charge in [-0.2, -0.15) is 0 Å². The highest BCUT2D eigenvalue weighted by Crippen LogP contribution is 2.36. The standard InChI is InChI=1S/C15H21N/c1-3-12(9-10-16-15-7-8-15)11-14(6-1)13-4-2-5-13/h1,3,6,11,13,15-16H,2,4-5,7-10H2. The zero-order chi connectivity index (χ0) is 10.8. The lowest BCUT2D eigenvalue weighted by molar-refractivity contribution is 0.419. The molecule has 0 atom stereocenters. The van der Waals surface area contributed by atoms with E-state index in [1.165, 1.54) is 44.1 Å². The quantitative estimate of drug-likeness (QED) is 0.795. The van der Waals surface area contributed by atoms with E-state index in [1.807, 2.05) is 0 Å². The Morgan fingerprint density at radius 3 is 2.69 bits per heavy atom. The first-order valence-electron chi connectivity index (χ1n) is 6.74. The van der Waals surface area contributed by atoms with Gasteiger partial charge in [-0.25, -0.2) is 0 Å². The summed E-state index contributed by atoms with van der Waals surface area (Å²) in [5.74, 6) is 0.872. The molecule has 0 aliphatic heterocycles. The number of hydrogen-bond donors (Lipinski definition) is 1. The molecule has 1 heteroatoms. The second kappa shape index (κ2) is 4.58. The normalized spacial score (nSPS) is 20.8. The average Bonchev–Trinajstić information content (AvgIpc) is 3.00. The van der Waals surface area contributed by atoms with Crippen molar-refractivity contribution >= 4 is 0 Å². The molecule has 0 saturated heterocycles. The third kappa shape index (κ3) is 2.46. The van der Waals surface area contributed by atoms with E-state index < -0.39 is 0 Å². The van der Waals surface area contributed by atoms with Crippen LogP contribution in [0.1, 0.15) is 49.1 Å². The van der Waals surface area contributed by atoms with Crippen LogP contribution >= 0.6 is 0 Å².